The molecule has 10 heteroatoms. The van der Waals surface area contributed by atoms with Gasteiger partial charge in [0.2, 0.25) is 0 Å². The number of hydrogen-bond acceptors (Lipinski definition) is 7. The first-order valence-electron chi connectivity index (χ1n) is 11.4. The minimum atomic E-state index is -0.876. The molecule has 36 heavy (non-hydrogen) atoms. The highest BCUT2D eigenvalue weighted by Crippen LogP contribution is 2.43. The molecule has 1 fully saturated rings. The Morgan fingerprint density at radius 2 is 1.92 bits per heavy atom. The fraction of sp³-hybridized carbons (Fsp3) is 0.308. The molecular weight excluding hydrogens is 464 g/mol. The maximum atomic E-state index is 13.4. The van der Waals surface area contributed by atoms with Crippen molar-refractivity contribution in [2.24, 2.45) is 0 Å². The molecule has 1 amide bonds. The summed E-state index contributed by atoms with van der Waals surface area (Å²) >= 11 is 0. The van der Waals surface area contributed by atoms with Crippen molar-refractivity contribution in [1.82, 2.24) is 19.4 Å². The number of rotatable bonds is 8. The maximum absolute atomic E-state index is 13.4. The van der Waals surface area contributed by atoms with Gasteiger partial charge in [-0.25, -0.2) is 9.78 Å². The van der Waals surface area contributed by atoms with E-state index in [1.807, 2.05) is 10.8 Å². The maximum Gasteiger partial charge on any atom is 0.354 e. The zero-order valence-electron chi connectivity index (χ0n) is 20.6. The minimum Gasteiger partial charge on any atom is -0.507 e. The van der Waals surface area contributed by atoms with E-state index in [9.17, 15) is 19.5 Å². The molecule has 1 saturated heterocycles. The summed E-state index contributed by atoms with van der Waals surface area (Å²) in [5.41, 5.74) is 1.85. The number of para-hydroxylation sites is 1. The number of Topliss-reactive ketones (excluding diaryl/α,β-unsaturated/α-hetero) is 1. The number of aryl methyl sites for hydroxylation is 2. The Bertz CT molecular complexity index is 1340. The zero-order valence-corrected chi connectivity index (χ0v) is 20.6. The number of amides is 1. The van der Waals surface area contributed by atoms with Crippen molar-refractivity contribution in [3.8, 4) is 5.75 Å². The van der Waals surface area contributed by atoms with Gasteiger partial charge >= 0.3 is 5.97 Å². The summed E-state index contributed by atoms with van der Waals surface area (Å²) in [7, 11) is 2.77. The highest BCUT2D eigenvalue weighted by Gasteiger charge is 2.47. The Kier molecular flexibility index (Phi) is 6.96. The van der Waals surface area contributed by atoms with Gasteiger partial charge in [-0.15, -0.1) is 0 Å². The van der Waals surface area contributed by atoms with E-state index in [4.69, 9.17) is 9.47 Å². The summed E-state index contributed by atoms with van der Waals surface area (Å²) in [5.74, 6) is -1.99. The molecule has 2 N–H and O–H groups in total. The molecule has 3 aromatic rings. The van der Waals surface area contributed by atoms with Crippen molar-refractivity contribution in [3.63, 3.8) is 0 Å². The quantitative estimate of drug-likeness (QED) is 0.214. The summed E-state index contributed by atoms with van der Waals surface area (Å²) < 4.78 is 12.2. The second kappa shape index (κ2) is 10.1. The van der Waals surface area contributed by atoms with E-state index < -0.39 is 23.7 Å². The number of carbonyl (C=O) groups excluding carboxylic acids is 3. The Labute approximate surface area is 208 Å². The van der Waals surface area contributed by atoms with Crippen LogP contribution in [0.15, 0.2) is 48.6 Å². The van der Waals surface area contributed by atoms with Gasteiger partial charge in [0.1, 0.15) is 17.2 Å². The predicted molar refractivity (Wildman–Crippen MR) is 130 cm³/mol. The number of H-pyrrole nitrogens is 1. The van der Waals surface area contributed by atoms with E-state index >= 15 is 0 Å². The van der Waals surface area contributed by atoms with Crippen LogP contribution < -0.4 is 4.74 Å². The number of esters is 1. The Morgan fingerprint density at radius 1 is 1.17 bits per heavy atom. The third-order valence-electron chi connectivity index (χ3n) is 6.41. The molecule has 1 atom stereocenters. The summed E-state index contributed by atoms with van der Waals surface area (Å²) in [5, 5.41) is 11.5. The van der Waals surface area contributed by atoms with E-state index in [0.717, 1.165) is 0 Å². The van der Waals surface area contributed by atoms with Gasteiger partial charge in [-0.05, 0) is 31.9 Å². The fourth-order valence-electron chi connectivity index (χ4n) is 4.71. The van der Waals surface area contributed by atoms with Gasteiger partial charge in [0, 0.05) is 42.3 Å². The van der Waals surface area contributed by atoms with Crippen molar-refractivity contribution in [1.29, 1.82) is 0 Å². The highest BCUT2D eigenvalue weighted by atomic mass is 16.5. The first-order valence-corrected chi connectivity index (χ1v) is 11.4. The summed E-state index contributed by atoms with van der Waals surface area (Å²) in [6.45, 7) is 4.18. The summed E-state index contributed by atoms with van der Waals surface area (Å²) in [6.07, 6.45) is 5.74. The number of aliphatic hydroxyl groups excluding tert-OH is 1. The van der Waals surface area contributed by atoms with Crippen molar-refractivity contribution >= 4 is 23.4 Å². The highest BCUT2D eigenvalue weighted by molar-refractivity contribution is 6.46. The number of methoxy groups -OCH3 is 2. The van der Waals surface area contributed by atoms with E-state index in [1.165, 1.54) is 19.1 Å². The molecule has 0 spiro atoms. The largest absolute Gasteiger partial charge is 0.507 e. The van der Waals surface area contributed by atoms with Gasteiger partial charge in [0.05, 0.1) is 32.2 Å². The fourth-order valence-corrected chi connectivity index (χ4v) is 4.71. The first-order chi connectivity index (χ1) is 17.3. The Balaban J connectivity index is 1.83. The topological polar surface area (TPSA) is 127 Å². The van der Waals surface area contributed by atoms with Gasteiger partial charge < -0.3 is 29.0 Å². The average Bonchev–Trinajstić information content (AvgIpc) is 3.56. The van der Waals surface area contributed by atoms with Crippen LogP contribution in [0.2, 0.25) is 0 Å². The van der Waals surface area contributed by atoms with Crippen LogP contribution in [0, 0.1) is 13.8 Å². The standard InChI is InChI=1S/C26H28N4O6/c1-15-19(16(2)28-21(15)26(34)36-4)23(31)20-22(17-8-5-6-9-18(17)35-3)30(25(33)24(20)32)12-7-11-29-13-10-27-14-29/h5-6,8-10,13-14,22,28,31H,7,11-12H2,1-4H3/b23-20+/t22-/m0/s1. The number of aliphatic hydroxyl groups is 1. The van der Waals surface area contributed by atoms with Crippen LogP contribution in [0.3, 0.4) is 0 Å². The lowest BCUT2D eigenvalue weighted by Crippen LogP contribution is -2.31. The molecule has 188 valence electrons. The van der Waals surface area contributed by atoms with Crippen LogP contribution in [0.1, 0.15) is 45.3 Å². The summed E-state index contributed by atoms with van der Waals surface area (Å²) in [6, 6.07) is 6.20. The number of aromatic nitrogens is 3. The molecule has 3 heterocycles. The van der Waals surface area contributed by atoms with E-state index in [2.05, 4.69) is 9.97 Å². The smallest absolute Gasteiger partial charge is 0.354 e. The van der Waals surface area contributed by atoms with E-state index in [1.54, 1.807) is 50.6 Å². The number of imidazole rings is 1. The van der Waals surface area contributed by atoms with E-state index in [0.29, 0.717) is 35.5 Å². The van der Waals surface area contributed by atoms with Gasteiger partial charge in [0.15, 0.2) is 0 Å². The van der Waals surface area contributed by atoms with Crippen LogP contribution in [0.4, 0.5) is 0 Å². The molecule has 0 unspecified atom stereocenters. The number of hydrogen-bond donors (Lipinski definition) is 2. The molecule has 0 aliphatic carbocycles. The molecular formula is C26H28N4O6. The molecule has 0 radical (unpaired) electrons. The van der Waals surface area contributed by atoms with Crippen molar-refractivity contribution in [3.05, 3.63) is 76.6 Å². The molecule has 0 saturated carbocycles. The number of likely N-dealkylation sites (tertiary alicyclic amines) is 1. The second-order valence-corrected chi connectivity index (χ2v) is 8.51. The lowest BCUT2D eigenvalue weighted by atomic mass is 9.93. The van der Waals surface area contributed by atoms with Crippen LogP contribution >= 0.6 is 0 Å². The normalized spacial score (nSPS) is 17.0. The number of carbonyl (C=O) groups is 3. The number of nitrogens with one attached hydrogen (secondary N) is 1. The summed E-state index contributed by atoms with van der Waals surface area (Å²) in [4.78, 5) is 47.2. The van der Waals surface area contributed by atoms with Crippen LogP contribution in [0.5, 0.6) is 5.75 Å². The predicted octanol–water partition coefficient (Wildman–Crippen LogP) is 3.14. The number of aromatic amines is 1. The molecule has 0 bridgehead atoms. The third-order valence-corrected chi connectivity index (χ3v) is 6.41. The third kappa shape index (κ3) is 4.26. The van der Waals surface area contributed by atoms with Crippen LogP contribution in [-0.2, 0) is 20.9 Å². The first kappa shape index (κ1) is 24.8. The van der Waals surface area contributed by atoms with Crippen molar-refractivity contribution < 1.29 is 29.0 Å². The molecule has 1 aliphatic heterocycles. The molecule has 1 aliphatic rings. The van der Waals surface area contributed by atoms with Crippen molar-refractivity contribution in [2.45, 2.75) is 32.9 Å². The number of ether oxygens (including phenoxy) is 2. The van der Waals surface area contributed by atoms with Gasteiger partial charge in [-0.3, -0.25) is 9.59 Å². The monoisotopic (exact) mass is 492 g/mol. The molecule has 1 aromatic carbocycles. The van der Waals surface area contributed by atoms with Gasteiger partial charge in [-0.1, -0.05) is 18.2 Å². The molecule has 4 rings (SSSR count). The zero-order chi connectivity index (χ0) is 26.0. The van der Waals surface area contributed by atoms with Crippen LogP contribution in [-0.4, -0.2) is 63.0 Å². The van der Waals surface area contributed by atoms with Crippen LogP contribution in [0.25, 0.3) is 5.76 Å². The lowest BCUT2D eigenvalue weighted by molar-refractivity contribution is -0.140. The lowest BCUT2D eigenvalue weighted by Gasteiger charge is -2.26. The number of benzene rings is 1. The average molecular weight is 493 g/mol. The van der Waals surface area contributed by atoms with Crippen molar-refractivity contribution in [2.75, 3.05) is 20.8 Å². The number of nitrogens with zero attached hydrogens (tertiary/aromatic N) is 3. The minimum absolute atomic E-state index is 0.0613. The molecule has 10 nitrogen and oxygen atoms in total. The Morgan fingerprint density at radius 3 is 2.58 bits per heavy atom. The Hall–Kier alpha value is -4.34. The van der Waals surface area contributed by atoms with Gasteiger partial charge in [0.25, 0.3) is 11.7 Å². The SMILES string of the molecule is COC(=O)c1[nH]c(C)c(/C(O)=C2\C(=O)C(=O)N(CCCn3ccnc3)[C@H]2c2ccccc2OC)c1C. The number of ketones is 1. The second-order valence-electron chi connectivity index (χ2n) is 8.51. The molecule has 2 aromatic heterocycles. The van der Waals surface area contributed by atoms with Gasteiger partial charge in [-0.2, -0.15) is 0 Å². The van der Waals surface area contributed by atoms with E-state index in [-0.39, 0.29) is 29.1 Å².